The first kappa shape index (κ1) is 12.8. The Morgan fingerprint density at radius 1 is 1.41 bits per heavy atom. The lowest BCUT2D eigenvalue weighted by Crippen LogP contribution is -2.37. The Hall–Kier alpha value is -0.610. The Bertz CT molecular complexity index is 376. The lowest BCUT2D eigenvalue weighted by Gasteiger charge is -2.32. The molecule has 1 aromatic rings. The van der Waals surface area contributed by atoms with E-state index in [1.165, 1.54) is 0 Å². The number of hydrogen-bond acceptors (Lipinski definition) is 3. The fourth-order valence-electron chi connectivity index (χ4n) is 2.19. The Balaban J connectivity index is 1.98. The zero-order chi connectivity index (χ0) is 12.3. The van der Waals surface area contributed by atoms with Crippen LogP contribution in [0.4, 0.5) is 5.82 Å². The van der Waals surface area contributed by atoms with Crippen LogP contribution in [0.5, 0.6) is 0 Å². The first-order chi connectivity index (χ1) is 8.20. The Kier molecular flexibility index (Phi) is 4.40. The zero-order valence-electron chi connectivity index (χ0n) is 10.4. The number of pyridine rings is 1. The lowest BCUT2D eigenvalue weighted by molar-refractivity contribution is 0.0458. The number of aryl methyl sites for hydroxylation is 1. The van der Waals surface area contributed by atoms with E-state index in [-0.39, 0.29) is 0 Å². The van der Waals surface area contributed by atoms with Crippen LogP contribution in [-0.4, -0.2) is 30.8 Å². The van der Waals surface area contributed by atoms with E-state index in [0.29, 0.717) is 6.10 Å². The van der Waals surface area contributed by atoms with Crippen LogP contribution in [0.2, 0.25) is 0 Å². The highest BCUT2D eigenvalue weighted by Gasteiger charge is 2.20. The summed E-state index contributed by atoms with van der Waals surface area (Å²) in [6, 6.07) is 4.16. The van der Waals surface area contributed by atoms with E-state index in [9.17, 15) is 0 Å². The molecule has 1 aliphatic rings. The monoisotopic (exact) mass is 298 g/mol. The van der Waals surface area contributed by atoms with Gasteiger partial charge in [0, 0.05) is 24.2 Å². The molecular weight excluding hydrogens is 280 g/mol. The van der Waals surface area contributed by atoms with Gasteiger partial charge in [0.2, 0.25) is 0 Å². The van der Waals surface area contributed by atoms with Gasteiger partial charge < -0.3 is 9.64 Å². The van der Waals surface area contributed by atoms with Crippen LogP contribution in [0.3, 0.4) is 0 Å². The molecule has 94 valence electrons. The fraction of sp³-hybridized carbons (Fsp3) is 0.615. The summed E-state index contributed by atoms with van der Waals surface area (Å²) in [6.45, 7) is 6.99. The van der Waals surface area contributed by atoms with E-state index in [1.54, 1.807) is 0 Å². The van der Waals surface area contributed by atoms with E-state index in [1.807, 2.05) is 6.92 Å². The SMILES string of the molecule is CCOC1CCN(c2ccc(Br)c(C)n2)CC1. The second-order valence-corrected chi connectivity index (χ2v) is 5.23. The average Bonchev–Trinajstić information content (AvgIpc) is 2.34. The molecule has 0 aliphatic carbocycles. The maximum atomic E-state index is 5.66. The van der Waals surface area contributed by atoms with Gasteiger partial charge in [-0.2, -0.15) is 0 Å². The van der Waals surface area contributed by atoms with Gasteiger partial charge in [0.15, 0.2) is 0 Å². The van der Waals surface area contributed by atoms with Gasteiger partial charge in [-0.05, 0) is 54.8 Å². The number of halogens is 1. The van der Waals surface area contributed by atoms with Crippen molar-refractivity contribution in [1.82, 2.24) is 4.98 Å². The number of rotatable bonds is 3. The van der Waals surface area contributed by atoms with Crippen LogP contribution in [0.1, 0.15) is 25.5 Å². The molecule has 17 heavy (non-hydrogen) atoms. The van der Waals surface area contributed by atoms with E-state index < -0.39 is 0 Å². The van der Waals surface area contributed by atoms with Crippen molar-refractivity contribution in [2.45, 2.75) is 32.8 Å². The average molecular weight is 299 g/mol. The standard InChI is InChI=1S/C13H19BrN2O/c1-3-17-11-6-8-16(9-7-11)13-5-4-12(14)10(2)15-13/h4-5,11H,3,6-9H2,1-2H3. The smallest absolute Gasteiger partial charge is 0.128 e. The minimum atomic E-state index is 0.438. The zero-order valence-corrected chi connectivity index (χ0v) is 12.0. The molecule has 0 aromatic carbocycles. The van der Waals surface area contributed by atoms with Crippen molar-refractivity contribution in [1.29, 1.82) is 0 Å². The highest BCUT2D eigenvalue weighted by molar-refractivity contribution is 9.10. The molecule has 0 N–H and O–H groups in total. The number of hydrogen-bond donors (Lipinski definition) is 0. The Morgan fingerprint density at radius 3 is 2.71 bits per heavy atom. The van der Waals surface area contributed by atoms with Gasteiger partial charge in [0.1, 0.15) is 5.82 Å². The predicted molar refractivity (Wildman–Crippen MR) is 73.5 cm³/mol. The summed E-state index contributed by atoms with van der Waals surface area (Å²) in [7, 11) is 0. The molecule has 4 heteroatoms. The third-order valence-electron chi connectivity index (χ3n) is 3.17. The topological polar surface area (TPSA) is 25.4 Å². The van der Waals surface area contributed by atoms with E-state index in [0.717, 1.165) is 48.5 Å². The van der Waals surface area contributed by atoms with E-state index >= 15 is 0 Å². The Morgan fingerprint density at radius 2 is 2.12 bits per heavy atom. The molecule has 0 atom stereocenters. The van der Waals surface area contributed by atoms with Crippen molar-refractivity contribution >= 4 is 21.7 Å². The number of nitrogens with zero attached hydrogens (tertiary/aromatic N) is 2. The maximum Gasteiger partial charge on any atom is 0.128 e. The van der Waals surface area contributed by atoms with Gasteiger partial charge in [0.05, 0.1) is 11.8 Å². The summed E-state index contributed by atoms with van der Waals surface area (Å²) in [5, 5.41) is 0. The number of anilines is 1. The van der Waals surface area contributed by atoms with Crippen LogP contribution >= 0.6 is 15.9 Å². The van der Waals surface area contributed by atoms with Crippen LogP contribution < -0.4 is 4.90 Å². The van der Waals surface area contributed by atoms with Gasteiger partial charge >= 0.3 is 0 Å². The van der Waals surface area contributed by atoms with Crippen LogP contribution in [0.25, 0.3) is 0 Å². The molecule has 3 nitrogen and oxygen atoms in total. The van der Waals surface area contributed by atoms with Gasteiger partial charge in [-0.25, -0.2) is 4.98 Å². The number of piperidine rings is 1. The minimum Gasteiger partial charge on any atom is -0.378 e. The normalized spacial score (nSPS) is 17.5. The highest BCUT2D eigenvalue weighted by Crippen LogP contribution is 2.22. The lowest BCUT2D eigenvalue weighted by atomic mass is 10.1. The van der Waals surface area contributed by atoms with E-state index in [2.05, 4.69) is 44.9 Å². The van der Waals surface area contributed by atoms with Gasteiger partial charge in [-0.1, -0.05) is 0 Å². The second-order valence-electron chi connectivity index (χ2n) is 4.38. The first-order valence-corrected chi connectivity index (χ1v) is 6.99. The van der Waals surface area contributed by atoms with Crippen molar-refractivity contribution < 1.29 is 4.74 Å². The molecule has 1 saturated heterocycles. The first-order valence-electron chi connectivity index (χ1n) is 6.20. The van der Waals surface area contributed by atoms with Crippen molar-refractivity contribution in [2.75, 3.05) is 24.6 Å². The van der Waals surface area contributed by atoms with Gasteiger partial charge in [-0.15, -0.1) is 0 Å². The molecular formula is C13H19BrN2O. The van der Waals surface area contributed by atoms with Crippen molar-refractivity contribution in [3.05, 3.63) is 22.3 Å². The molecule has 2 rings (SSSR count). The highest BCUT2D eigenvalue weighted by atomic mass is 79.9. The number of ether oxygens (including phenoxy) is 1. The summed E-state index contributed by atoms with van der Waals surface area (Å²) >= 11 is 3.48. The van der Waals surface area contributed by atoms with Crippen LogP contribution in [0.15, 0.2) is 16.6 Å². The number of aromatic nitrogens is 1. The molecule has 0 amide bonds. The third kappa shape index (κ3) is 3.19. The fourth-order valence-corrected chi connectivity index (χ4v) is 2.42. The molecule has 0 saturated carbocycles. The molecule has 0 radical (unpaired) electrons. The molecule has 2 heterocycles. The molecule has 1 fully saturated rings. The maximum absolute atomic E-state index is 5.66. The second kappa shape index (κ2) is 5.83. The summed E-state index contributed by atoms with van der Waals surface area (Å²) in [6.07, 6.45) is 2.64. The molecule has 1 aromatic heterocycles. The largest absolute Gasteiger partial charge is 0.378 e. The quantitative estimate of drug-likeness (QED) is 0.857. The summed E-state index contributed by atoms with van der Waals surface area (Å²) in [5.41, 5.74) is 1.05. The summed E-state index contributed by atoms with van der Waals surface area (Å²) in [4.78, 5) is 6.95. The predicted octanol–water partition coefficient (Wildman–Crippen LogP) is 3.16. The third-order valence-corrected chi connectivity index (χ3v) is 4.01. The summed E-state index contributed by atoms with van der Waals surface area (Å²) < 4.78 is 6.73. The van der Waals surface area contributed by atoms with Crippen molar-refractivity contribution in [2.24, 2.45) is 0 Å². The van der Waals surface area contributed by atoms with Gasteiger partial charge in [0.25, 0.3) is 0 Å². The Labute approximate surface area is 111 Å². The van der Waals surface area contributed by atoms with Gasteiger partial charge in [-0.3, -0.25) is 0 Å². The van der Waals surface area contributed by atoms with E-state index in [4.69, 9.17) is 4.74 Å². The minimum absolute atomic E-state index is 0.438. The molecule has 1 aliphatic heterocycles. The molecule has 0 spiro atoms. The summed E-state index contributed by atoms with van der Waals surface area (Å²) in [5.74, 6) is 1.08. The van der Waals surface area contributed by atoms with Crippen LogP contribution in [-0.2, 0) is 4.74 Å². The van der Waals surface area contributed by atoms with Crippen molar-refractivity contribution in [3.63, 3.8) is 0 Å². The molecule has 0 unspecified atom stereocenters. The van der Waals surface area contributed by atoms with Crippen LogP contribution in [0, 0.1) is 6.92 Å². The molecule has 0 bridgehead atoms. The van der Waals surface area contributed by atoms with Crippen molar-refractivity contribution in [3.8, 4) is 0 Å².